The molecule has 25 heteroatoms. The molecule has 6 N–H and O–H groups in total. The highest BCUT2D eigenvalue weighted by Gasteiger charge is 2.35. The Morgan fingerprint density at radius 1 is 0.447 bits per heavy atom. The summed E-state index contributed by atoms with van der Waals surface area (Å²) in [6.07, 6.45) is 2.37. The lowest BCUT2D eigenvalue weighted by molar-refractivity contribution is 0.215. The van der Waals surface area contributed by atoms with Gasteiger partial charge in [0.05, 0.1) is 58.0 Å². The van der Waals surface area contributed by atoms with E-state index in [1.54, 1.807) is 85.3 Å². The molecule has 94 heavy (non-hydrogen) atoms. The van der Waals surface area contributed by atoms with Crippen molar-refractivity contribution in [1.29, 1.82) is 0 Å². The zero-order valence-corrected chi connectivity index (χ0v) is 53.1. The second kappa shape index (κ2) is 29.4. The van der Waals surface area contributed by atoms with E-state index in [1.807, 2.05) is 91.0 Å². The fourth-order valence-electron chi connectivity index (χ4n) is 10.9. The van der Waals surface area contributed by atoms with Crippen LogP contribution >= 0.6 is 0 Å². The van der Waals surface area contributed by atoms with Crippen LogP contribution < -0.4 is 5.73 Å². The number of benzene rings is 6. The van der Waals surface area contributed by atoms with Crippen molar-refractivity contribution >= 4 is 47.6 Å². The minimum absolute atomic E-state index is 0.0972. The molecule has 9 aromatic rings. The quantitative estimate of drug-likeness (QED) is 0.0616. The minimum Gasteiger partial charge on any atom is -0.476 e. The maximum Gasteiger partial charge on any atom is 0.243 e. The molecule has 5 aliphatic heterocycles. The number of nitrogens with zero attached hydrogens (tertiary/aromatic N) is 9. The smallest absolute Gasteiger partial charge is 0.243 e. The van der Waals surface area contributed by atoms with E-state index in [-0.39, 0.29) is 60.6 Å². The fraction of sp³-hybridized carbons (Fsp3) is 0.217. The van der Waals surface area contributed by atoms with Crippen LogP contribution in [0.3, 0.4) is 0 Å². The van der Waals surface area contributed by atoms with Crippen LogP contribution in [0, 0.1) is 6.57 Å². The molecule has 0 aliphatic carbocycles. The van der Waals surface area contributed by atoms with Crippen molar-refractivity contribution in [2.45, 2.75) is 72.3 Å². The molecule has 8 heterocycles. The molecular weight excluding hydrogens is 1260 g/mol. The van der Waals surface area contributed by atoms with Gasteiger partial charge in [-0.1, -0.05) is 115 Å². The Labute approximate surface area is 545 Å². The van der Waals surface area contributed by atoms with Gasteiger partial charge >= 0.3 is 0 Å². The zero-order chi connectivity index (χ0) is 66.0. The number of ether oxygens (including phenoxy) is 2. The summed E-state index contributed by atoms with van der Waals surface area (Å²) in [4.78, 5) is 25.5. The van der Waals surface area contributed by atoms with Gasteiger partial charge in [0.2, 0.25) is 41.9 Å². The van der Waals surface area contributed by atoms with E-state index in [9.17, 15) is 40.6 Å². The van der Waals surface area contributed by atoms with Crippen molar-refractivity contribution in [2.24, 2.45) is 15.7 Å². The molecule has 482 valence electrons. The van der Waals surface area contributed by atoms with Crippen molar-refractivity contribution in [3.63, 3.8) is 0 Å². The molecule has 3 atom stereocenters. The van der Waals surface area contributed by atoms with Crippen LogP contribution in [0.15, 0.2) is 225 Å². The first-order chi connectivity index (χ1) is 45.4. The SMILES string of the molecule is NCCO.O=S(=O)(c1ccc(C2=NCCO2)cc1)N1Cc2cnc([C@@H](O)c3ccccc3)cc2C1.O=S(=O)(c1ccc(C2=NCCO2)cc1)N1Cc2cnc([C@H](O)c3ccccc3)cc2C1.[C-]#[N+]c1ccc(S(=O)(=O)N2Cc3cnc(C(O)c4ccccc4)cc3C2)cc1. The number of aromatic nitrogens is 3. The van der Waals surface area contributed by atoms with Gasteiger partial charge in [-0.15, -0.1) is 0 Å². The summed E-state index contributed by atoms with van der Waals surface area (Å²) in [5, 5.41) is 39.6. The summed E-state index contributed by atoms with van der Waals surface area (Å²) >= 11 is 0. The average molecular weight is 1320 g/mol. The molecule has 3 aromatic heterocycles. The maximum absolute atomic E-state index is 13.2. The molecule has 0 saturated heterocycles. The predicted octanol–water partition coefficient (Wildman–Crippen LogP) is 7.65. The fourth-order valence-corrected chi connectivity index (χ4v) is 15.1. The molecule has 0 radical (unpaired) electrons. The second-order valence-electron chi connectivity index (χ2n) is 22.1. The number of pyridine rings is 3. The largest absolute Gasteiger partial charge is 0.476 e. The van der Waals surface area contributed by atoms with Crippen molar-refractivity contribution in [1.82, 2.24) is 27.9 Å². The molecule has 0 saturated carbocycles. The van der Waals surface area contributed by atoms with Crippen LogP contribution in [0.5, 0.6) is 0 Å². The summed E-state index contributed by atoms with van der Waals surface area (Å²) in [5.41, 5.74) is 15.5. The number of hydrogen-bond acceptors (Lipinski definition) is 18. The molecule has 14 rings (SSSR count). The Bertz CT molecular complexity index is 4410. The predicted molar refractivity (Wildman–Crippen MR) is 350 cm³/mol. The first-order valence-corrected chi connectivity index (χ1v) is 34.2. The Morgan fingerprint density at radius 3 is 1.00 bits per heavy atom. The first-order valence-electron chi connectivity index (χ1n) is 29.9. The maximum atomic E-state index is 13.2. The van der Waals surface area contributed by atoms with Crippen molar-refractivity contribution in [2.75, 3.05) is 39.5 Å². The van der Waals surface area contributed by atoms with E-state index in [0.717, 1.165) is 61.2 Å². The van der Waals surface area contributed by atoms with Gasteiger partial charge in [-0.2, -0.15) is 12.9 Å². The van der Waals surface area contributed by atoms with Gasteiger partial charge in [-0.05, 0) is 117 Å². The number of fused-ring (bicyclic) bond motifs is 3. The van der Waals surface area contributed by atoms with E-state index in [0.29, 0.717) is 67.4 Å². The summed E-state index contributed by atoms with van der Waals surface area (Å²) in [7, 11) is -11.0. The number of sulfonamides is 3. The Kier molecular flexibility index (Phi) is 20.7. The van der Waals surface area contributed by atoms with E-state index in [4.69, 9.17) is 26.9 Å². The zero-order valence-electron chi connectivity index (χ0n) is 50.7. The number of aliphatic hydroxyl groups is 4. The van der Waals surface area contributed by atoms with Gasteiger partial charge in [-0.3, -0.25) is 15.0 Å². The standard InChI is InChI=1S/2C23H21N3O4S.C21H17N3O3S.C2H7NO/c2*27-22(16-4-2-1-3-5-16)21-12-18-14-26(15-19(18)13-25-21)31(28,29)20-8-6-17(7-9-20)23-24-10-11-30-23;1-22-18-7-9-19(10-8-18)28(26,27)24-13-16-11-20(23-12-17(16)14-24)21(25)15-5-3-2-4-6-15;3-1-2-4/h2*1-9,12-13,22,27H,10-11,14-15H2;2-12,21,25H,13-14H2;4H,1-3H2/t2*22-;;/m10../s1. The van der Waals surface area contributed by atoms with Crippen LogP contribution in [0.1, 0.15) is 96.6 Å². The van der Waals surface area contributed by atoms with Gasteiger partial charge in [0.25, 0.3) is 0 Å². The summed E-state index contributed by atoms with van der Waals surface area (Å²) in [5.74, 6) is 1.10. The Hall–Kier alpha value is -9.27. The number of nitrogens with two attached hydrogens (primary N) is 1. The van der Waals surface area contributed by atoms with Gasteiger partial charge < -0.3 is 35.6 Å². The van der Waals surface area contributed by atoms with Crippen molar-refractivity contribution in [3.05, 3.63) is 290 Å². The van der Waals surface area contributed by atoms with E-state index in [2.05, 4.69) is 29.8 Å². The lowest BCUT2D eigenvalue weighted by Gasteiger charge is -2.16. The highest BCUT2D eigenvalue weighted by atomic mass is 32.2. The van der Waals surface area contributed by atoms with Crippen molar-refractivity contribution < 1.29 is 55.2 Å². The van der Waals surface area contributed by atoms with Crippen LogP contribution in [-0.4, -0.2) is 125 Å². The van der Waals surface area contributed by atoms with E-state index >= 15 is 0 Å². The Morgan fingerprint density at radius 2 is 0.734 bits per heavy atom. The lowest BCUT2D eigenvalue weighted by Crippen LogP contribution is -2.25. The molecule has 22 nitrogen and oxygen atoms in total. The van der Waals surface area contributed by atoms with Crippen LogP contribution in [0.4, 0.5) is 5.69 Å². The number of aliphatic hydroxyl groups excluding tert-OH is 4. The molecule has 5 aliphatic rings. The molecule has 0 amide bonds. The third-order valence-corrected chi connectivity index (χ3v) is 21.4. The number of aliphatic imine (C=N–C) groups is 2. The summed E-state index contributed by atoms with van der Waals surface area (Å²) in [6.45, 7) is 11.2. The molecule has 6 aromatic carbocycles. The molecule has 0 bridgehead atoms. The molecule has 0 spiro atoms. The van der Waals surface area contributed by atoms with Crippen LogP contribution in [0.25, 0.3) is 4.85 Å². The number of rotatable bonds is 15. The normalized spacial score (nSPS) is 16.1. The van der Waals surface area contributed by atoms with Crippen LogP contribution in [0.2, 0.25) is 0 Å². The first kappa shape index (κ1) is 66.2. The van der Waals surface area contributed by atoms with Gasteiger partial charge in [0.15, 0.2) is 5.69 Å². The van der Waals surface area contributed by atoms with Crippen LogP contribution in [-0.2, 0) is 78.8 Å². The third kappa shape index (κ3) is 14.9. The topological polar surface area (TPSA) is 305 Å². The minimum atomic E-state index is -3.68. The average Bonchev–Trinajstić information content (AvgIpc) is 1.64. The highest BCUT2D eigenvalue weighted by molar-refractivity contribution is 7.89. The Balaban J connectivity index is 0.000000140. The third-order valence-electron chi connectivity index (χ3n) is 16.0. The van der Waals surface area contributed by atoms with E-state index in [1.165, 1.54) is 37.2 Å². The van der Waals surface area contributed by atoms with Gasteiger partial charge in [0, 0.05) is 75.5 Å². The second-order valence-corrected chi connectivity index (χ2v) is 27.9. The lowest BCUT2D eigenvalue weighted by atomic mass is 10.0. The molecular formula is C69H66N10O12S3. The van der Waals surface area contributed by atoms with Gasteiger partial charge in [-0.25, -0.2) is 40.1 Å². The highest BCUT2D eigenvalue weighted by Crippen LogP contribution is 2.35. The summed E-state index contributed by atoms with van der Waals surface area (Å²) < 4.78 is 93.6. The molecule has 1 unspecified atom stereocenters. The van der Waals surface area contributed by atoms with E-state index < -0.39 is 48.4 Å². The van der Waals surface area contributed by atoms with Crippen molar-refractivity contribution in [3.8, 4) is 0 Å². The monoisotopic (exact) mass is 1320 g/mol. The van der Waals surface area contributed by atoms with Gasteiger partial charge in [0.1, 0.15) is 31.5 Å². The summed E-state index contributed by atoms with van der Waals surface area (Å²) in [6, 6.07) is 52.2. The number of hydrogen-bond donors (Lipinski definition) is 5. The molecule has 0 fully saturated rings.